The van der Waals surface area contributed by atoms with E-state index >= 15 is 0 Å². The van der Waals surface area contributed by atoms with E-state index in [-0.39, 0.29) is 34.1 Å². The number of alkyl halides is 2. The molecule has 6 nitrogen and oxygen atoms in total. The van der Waals surface area contributed by atoms with Crippen molar-refractivity contribution in [3.8, 4) is 11.5 Å². The molecule has 9 heteroatoms. The van der Waals surface area contributed by atoms with Crippen molar-refractivity contribution in [3.63, 3.8) is 0 Å². The molecule has 1 atom stereocenters. The van der Waals surface area contributed by atoms with Gasteiger partial charge in [-0.15, -0.1) is 0 Å². The van der Waals surface area contributed by atoms with E-state index in [1.165, 1.54) is 19.2 Å². The van der Waals surface area contributed by atoms with Crippen molar-refractivity contribution in [1.29, 1.82) is 0 Å². The molecule has 1 aromatic carbocycles. The third-order valence-electron chi connectivity index (χ3n) is 4.11. The summed E-state index contributed by atoms with van der Waals surface area (Å²) in [5, 5.41) is 2.89. The van der Waals surface area contributed by atoms with E-state index < -0.39 is 12.2 Å². The van der Waals surface area contributed by atoms with Crippen LogP contribution in [0, 0.1) is 5.92 Å². The first-order valence-corrected chi connectivity index (χ1v) is 8.85. The lowest BCUT2D eigenvalue weighted by molar-refractivity contribution is -0.0497. The Kier molecular flexibility index (Phi) is 6.30. The molecule has 1 unspecified atom stereocenters. The van der Waals surface area contributed by atoms with Crippen molar-refractivity contribution < 1.29 is 18.3 Å². The molecule has 0 saturated heterocycles. The number of methoxy groups -OCH3 is 1. The average Bonchev–Trinajstić information content (AvgIpc) is 2.67. The lowest BCUT2D eigenvalue weighted by Gasteiger charge is -2.20. The lowest BCUT2D eigenvalue weighted by atomic mass is 10.0. The van der Waals surface area contributed by atoms with Gasteiger partial charge in [-0.3, -0.25) is 4.79 Å². The van der Waals surface area contributed by atoms with Crippen molar-refractivity contribution in [1.82, 2.24) is 9.55 Å². The molecule has 0 amide bonds. The topological polar surface area (TPSA) is 65.4 Å². The normalized spacial score (nSPS) is 15.7. The molecule has 28 heavy (non-hydrogen) atoms. The first-order valence-electron chi connectivity index (χ1n) is 8.47. The Morgan fingerprint density at radius 1 is 1.36 bits per heavy atom. The van der Waals surface area contributed by atoms with Gasteiger partial charge in [0.15, 0.2) is 0 Å². The number of nitrogens with zero attached hydrogens (tertiary/aromatic N) is 2. The lowest BCUT2D eigenvalue weighted by Crippen LogP contribution is -2.21. The SMILES string of the molecule is COc1cn(CC2C=CC=CC2)c(Nc2cccc(OC(F)F)c2Cl)nc1=O. The van der Waals surface area contributed by atoms with Gasteiger partial charge in [-0.05, 0) is 24.5 Å². The second-order valence-corrected chi connectivity index (χ2v) is 6.40. The van der Waals surface area contributed by atoms with Crippen LogP contribution in [0.1, 0.15) is 6.42 Å². The molecule has 148 valence electrons. The fourth-order valence-corrected chi connectivity index (χ4v) is 3.00. The summed E-state index contributed by atoms with van der Waals surface area (Å²) < 4.78 is 36.3. The summed E-state index contributed by atoms with van der Waals surface area (Å²) in [6.07, 6.45) is 10.4. The zero-order valence-corrected chi connectivity index (χ0v) is 15.7. The predicted octanol–water partition coefficient (Wildman–Crippen LogP) is 4.38. The van der Waals surface area contributed by atoms with Crippen molar-refractivity contribution >= 4 is 23.2 Å². The highest BCUT2D eigenvalue weighted by Crippen LogP contribution is 2.34. The van der Waals surface area contributed by atoms with E-state index in [1.807, 2.05) is 18.2 Å². The molecule has 0 fully saturated rings. The first-order chi connectivity index (χ1) is 13.5. The molecule has 3 rings (SSSR count). The quantitative estimate of drug-likeness (QED) is 0.735. The number of rotatable bonds is 7. The van der Waals surface area contributed by atoms with Crippen LogP contribution in [0.2, 0.25) is 5.02 Å². The van der Waals surface area contributed by atoms with Gasteiger partial charge in [0.2, 0.25) is 11.7 Å². The van der Waals surface area contributed by atoms with Gasteiger partial charge in [0.25, 0.3) is 0 Å². The van der Waals surface area contributed by atoms with Crippen LogP contribution in [0.5, 0.6) is 11.5 Å². The maximum atomic E-state index is 12.5. The summed E-state index contributed by atoms with van der Waals surface area (Å²) in [5.41, 5.74) is -0.277. The second kappa shape index (κ2) is 8.88. The Hall–Kier alpha value is -2.87. The van der Waals surface area contributed by atoms with E-state index in [4.69, 9.17) is 16.3 Å². The van der Waals surface area contributed by atoms with Crippen molar-refractivity contribution in [3.05, 3.63) is 64.1 Å². The zero-order chi connectivity index (χ0) is 20.1. The van der Waals surface area contributed by atoms with Gasteiger partial charge in [0, 0.05) is 6.54 Å². The Labute approximate surface area is 165 Å². The van der Waals surface area contributed by atoms with Crippen molar-refractivity contribution in [2.45, 2.75) is 19.6 Å². The minimum absolute atomic E-state index is 0.0417. The minimum atomic E-state index is -3.00. The fraction of sp³-hybridized carbons (Fsp3) is 0.263. The molecule has 1 N–H and O–H groups in total. The number of aromatic nitrogens is 2. The molecule has 0 saturated carbocycles. The van der Waals surface area contributed by atoms with E-state index in [2.05, 4.69) is 21.1 Å². The number of allylic oxidation sites excluding steroid dienone is 4. The Morgan fingerprint density at radius 3 is 2.86 bits per heavy atom. The number of hydrogen-bond donors (Lipinski definition) is 1. The Morgan fingerprint density at radius 2 is 2.18 bits per heavy atom. The third kappa shape index (κ3) is 4.69. The molecule has 0 aliphatic heterocycles. The summed E-state index contributed by atoms with van der Waals surface area (Å²) in [4.78, 5) is 16.1. The molecule has 2 aromatic rings. The number of halogens is 3. The molecule has 1 aliphatic carbocycles. The van der Waals surface area contributed by atoms with Crippen LogP contribution in [-0.4, -0.2) is 23.3 Å². The number of benzene rings is 1. The van der Waals surface area contributed by atoms with Crippen LogP contribution in [0.3, 0.4) is 0 Å². The van der Waals surface area contributed by atoms with Crippen LogP contribution >= 0.6 is 11.6 Å². The van der Waals surface area contributed by atoms with Gasteiger partial charge in [-0.2, -0.15) is 13.8 Å². The maximum absolute atomic E-state index is 12.5. The molecule has 0 radical (unpaired) electrons. The summed E-state index contributed by atoms with van der Waals surface area (Å²) in [7, 11) is 1.39. The van der Waals surface area contributed by atoms with E-state index in [1.54, 1.807) is 16.8 Å². The number of nitrogens with one attached hydrogen (secondary N) is 1. The second-order valence-electron chi connectivity index (χ2n) is 6.02. The molecular formula is C19H18ClF2N3O3. The highest BCUT2D eigenvalue weighted by Gasteiger charge is 2.16. The average molecular weight is 410 g/mol. The number of ether oxygens (including phenoxy) is 2. The van der Waals surface area contributed by atoms with Gasteiger partial charge in [0.1, 0.15) is 10.8 Å². The van der Waals surface area contributed by atoms with Gasteiger partial charge >= 0.3 is 12.2 Å². The summed E-state index contributed by atoms with van der Waals surface area (Å²) in [6.45, 7) is -2.48. The van der Waals surface area contributed by atoms with Crippen LogP contribution in [0.15, 0.2) is 53.5 Å². The van der Waals surface area contributed by atoms with Crippen LogP contribution in [0.25, 0.3) is 0 Å². The largest absolute Gasteiger partial charge is 0.490 e. The van der Waals surface area contributed by atoms with Crippen LogP contribution in [-0.2, 0) is 6.54 Å². The standard InChI is InChI=1S/C19H18ClF2N3O3/c1-27-15-11-25(10-12-6-3-2-4-7-12)19(24-17(15)26)23-13-8-5-9-14(16(13)20)28-18(21)22/h2-6,8-9,11-12,18H,7,10H2,1H3,(H,23,24,26). The summed E-state index contributed by atoms with van der Waals surface area (Å²) in [5.74, 6) is 0.333. The molecule has 0 spiro atoms. The molecule has 1 heterocycles. The molecule has 0 bridgehead atoms. The van der Waals surface area contributed by atoms with E-state index in [9.17, 15) is 13.6 Å². The van der Waals surface area contributed by atoms with Gasteiger partial charge in [-0.25, -0.2) is 0 Å². The molecule has 1 aliphatic rings. The first kappa shape index (κ1) is 19.9. The summed E-state index contributed by atoms with van der Waals surface area (Å²) in [6, 6.07) is 4.41. The highest BCUT2D eigenvalue weighted by molar-refractivity contribution is 6.34. The third-order valence-corrected chi connectivity index (χ3v) is 4.50. The van der Waals surface area contributed by atoms with Crippen LogP contribution in [0.4, 0.5) is 20.4 Å². The summed E-state index contributed by atoms with van der Waals surface area (Å²) >= 11 is 6.16. The Bertz CT molecular complexity index is 960. The van der Waals surface area contributed by atoms with Gasteiger partial charge in [-0.1, -0.05) is 42.0 Å². The fourth-order valence-electron chi connectivity index (χ4n) is 2.79. The van der Waals surface area contributed by atoms with Gasteiger partial charge < -0.3 is 19.4 Å². The monoisotopic (exact) mass is 409 g/mol. The Balaban J connectivity index is 1.94. The smallest absolute Gasteiger partial charge is 0.387 e. The van der Waals surface area contributed by atoms with E-state index in [0.717, 1.165) is 6.42 Å². The molecule has 1 aromatic heterocycles. The van der Waals surface area contributed by atoms with Crippen molar-refractivity contribution in [2.24, 2.45) is 5.92 Å². The highest BCUT2D eigenvalue weighted by atomic mass is 35.5. The van der Waals surface area contributed by atoms with Gasteiger partial charge in [0.05, 0.1) is 19.0 Å². The zero-order valence-electron chi connectivity index (χ0n) is 14.9. The number of anilines is 2. The van der Waals surface area contributed by atoms with E-state index in [0.29, 0.717) is 6.54 Å². The van der Waals surface area contributed by atoms with Crippen molar-refractivity contribution in [2.75, 3.05) is 12.4 Å². The molecular weight excluding hydrogens is 392 g/mol. The van der Waals surface area contributed by atoms with Crippen LogP contribution < -0.4 is 20.3 Å². The minimum Gasteiger partial charge on any atom is -0.490 e. The predicted molar refractivity (Wildman–Crippen MR) is 103 cm³/mol. The number of hydrogen-bond acceptors (Lipinski definition) is 5. The maximum Gasteiger partial charge on any atom is 0.387 e.